The van der Waals surface area contributed by atoms with Crippen molar-refractivity contribution in [2.45, 2.75) is 18.3 Å². The normalized spacial score (nSPS) is 16.0. The fourth-order valence-electron chi connectivity index (χ4n) is 1.75. The molecule has 7 nitrogen and oxygen atoms in total. The van der Waals surface area contributed by atoms with Crippen molar-refractivity contribution in [1.29, 1.82) is 0 Å². The van der Waals surface area contributed by atoms with Gasteiger partial charge in [-0.25, -0.2) is 0 Å². The summed E-state index contributed by atoms with van der Waals surface area (Å²) in [6.45, 7) is -0.201. The third-order valence-corrected chi connectivity index (χ3v) is 2.75. The van der Waals surface area contributed by atoms with Gasteiger partial charge in [0.25, 0.3) is 5.69 Å². The molecule has 0 aliphatic carbocycles. The van der Waals surface area contributed by atoms with E-state index in [1.165, 1.54) is 0 Å². The minimum atomic E-state index is -5.00. The highest BCUT2D eigenvalue weighted by atomic mass is 35.5. The molecule has 0 bridgehead atoms. The fraction of sp³-hybridized carbons (Fsp3) is 0.400. The molecule has 0 fully saturated rings. The van der Waals surface area contributed by atoms with Crippen LogP contribution in [0.3, 0.4) is 0 Å². The molecule has 0 amide bonds. The van der Waals surface area contributed by atoms with Crippen LogP contribution < -0.4 is 15.2 Å². The molecule has 1 aromatic rings. The molecule has 3 N–H and O–H groups in total. The van der Waals surface area contributed by atoms with Crippen LogP contribution in [0.15, 0.2) is 12.1 Å². The summed E-state index contributed by atoms with van der Waals surface area (Å²) in [5, 5.41) is 20.0. The maximum atomic E-state index is 12.4. The zero-order valence-corrected chi connectivity index (χ0v) is 11.0. The van der Waals surface area contributed by atoms with E-state index in [-0.39, 0.29) is 30.7 Å². The number of ether oxygens (including phenoxy) is 2. The summed E-state index contributed by atoms with van der Waals surface area (Å²) < 4.78 is 47.1. The Kier molecular flexibility index (Phi) is 4.87. The number of alkyl halides is 3. The van der Waals surface area contributed by atoms with Crippen LogP contribution in [0.1, 0.15) is 11.6 Å². The van der Waals surface area contributed by atoms with Gasteiger partial charge in [-0.3, -0.25) is 10.1 Å². The predicted molar refractivity (Wildman–Crippen MR) is 65.5 cm³/mol. The molecule has 1 aromatic carbocycles. The number of benzene rings is 1. The average molecular weight is 331 g/mol. The van der Waals surface area contributed by atoms with E-state index in [1.54, 1.807) is 0 Å². The van der Waals surface area contributed by atoms with Gasteiger partial charge in [-0.1, -0.05) is 0 Å². The minimum absolute atomic E-state index is 0. The lowest BCUT2D eigenvalue weighted by Gasteiger charge is -2.21. The topological polar surface area (TPSA) is 108 Å². The molecule has 0 unspecified atom stereocenters. The second-order valence-electron chi connectivity index (χ2n) is 4.03. The van der Waals surface area contributed by atoms with Crippen LogP contribution in [0.5, 0.6) is 11.5 Å². The molecular weight excluding hydrogens is 321 g/mol. The number of nitrogens with zero attached hydrogens (tertiary/aromatic N) is 1. The van der Waals surface area contributed by atoms with Crippen molar-refractivity contribution in [2.24, 2.45) is 5.73 Å². The molecule has 0 radical (unpaired) electrons. The molecule has 0 aromatic heterocycles. The van der Waals surface area contributed by atoms with Gasteiger partial charge >= 0.3 is 6.18 Å². The predicted octanol–water partition coefficient (Wildman–Crippen LogP) is 1.67. The van der Waals surface area contributed by atoms with Crippen molar-refractivity contribution < 1.29 is 32.7 Å². The Morgan fingerprint density at radius 2 is 1.86 bits per heavy atom. The van der Waals surface area contributed by atoms with Gasteiger partial charge in [0.2, 0.25) is 6.79 Å². The first-order valence-corrected chi connectivity index (χ1v) is 5.30. The monoisotopic (exact) mass is 330 g/mol. The van der Waals surface area contributed by atoms with Gasteiger partial charge in [0.05, 0.1) is 22.6 Å². The molecular formula is C10H10ClF3N2O5. The molecule has 1 heterocycles. The largest absolute Gasteiger partial charge is 0.454 e. The molecule has 0 saturated carbocycles. The minimum Gasteiger partial charge on any atom is -0.454 e. The van der Waals surface area contributed by atoms with E-state index in [1.807, 2.05) is 0 Å². The summed E-state index contributed by atoms with van der Waals surface area (Å²) in [6.07, 6.45) is -7.93. The van der Waals surface area contributed by atoms with Crippen LogP contribution in [-0.4, -0.2) is 29.1 Å². The van der Waals surface area contributed by atoms with Crippen molar-refractivity contribution in [3.8, 4) is 11.5 Å². The van der Waals surface area contributed by atoms with Crippen LogP contribution in [0.2, 0.25) is 0 Å². The van der Waals surface area contributed by atoms with E-state index in [0.717, 1.165) is 12.1 Å². The first kappa shape index (κ1) is 17.3. The second-order valence-corrected chi connectivity index (χ2v) is 4.03. The number of halogens is 4. The third-order valence-electron chi connectivity index (χ3n) is 2.75. The van der Waals surface area contributed by atoms with Crippen LogP contribution in [-0.2, 0) is 0 Å². The molecule has 11 heteroatoms. The highest BCUT2D eigenvalue weighted by Gasteiger charge is 2.45. The van der Waals surface area contributed by atoms with Gasteiger partial charge in [-0.05, 0) is 6.07 Å². The van der Waals surface area contributed by atoms with Gasteiger partial charge in [0.15, 0.2) is 17.6 Å². The lowest BCUT2D eigenvalue weighted by molar-refractivity contribution is -0.386. The van der Waals surface area contributed by atoms with Gasteiger partial charge in [-0.2, -0.15) is 13.2 Å². The van der Waals surface area contributed by atoms with E-state index in [0.29, 0.717) is 0 Å². The Hall–Kier alpha value is -1.78. The number of aliphatic hydroxyl groups is 1. The van der Waals surface area contributed by atoms with E-state index in [9.17, 15) is 23.3 Å². The van der Waals surface area contributed by atoms with Crippen LogP contribution in [0, 0.1) is 10.1 Å². The number of nitro groups is 1. The summed E-state index contributed by atoms with van der Waals surface area (Å²) in [4.78, 5) is 9.99. The lowest BCUT2D eigenvalue weighted by atomic mass is 9.99. The summed E-state index contributed by atoms with van der Waals surface area (Å²) in [7, 11) is 0. The van der Waals surface area contributed by atoms with Crippen LogP contribution in [0.4, 0.5) is 18.9 Å². The lowest BCUT2D eigenvalue weighted by Crippen LogP contribution is -2.39. The SMILES string of the molecule is Cl.N[C@H](c1cc2c(cc1[N+](=O)[O-])OCO2)[C@@H](O)C(F)(F)F. The van der Waals surface area contributed by atoms with Crippen molar-refractivity contribution in [2.75, 3.05) is 6.79 Å². The average Bonchev–Trinajstić information content (AvgIpc) is 2.81. The van der Waals surface area contributed by atoms with Gasteiger partial charge in [0, 0.05) is 0 Å². The van der Waals surface area contributed by atoms with Gasteiger partial charge in [0.1, 0.15) is 0 Å². The quantitative estimate of drug-likeness (QED) is 0.644. The van der Waals surface area contributed by atoms with Crippen LogP contribution in [0.25, 0.3) is 0 Å². The van der Waals surface area contributed by atoms with E-state index in [2.05, 4.69) is 0 Å². The number of aliphatic hydroxyl groups excluding tert-OH is 1. The Bertz CT molecular complexity index is 554. The number of nitro benzene ring substituents is 1. The number of rotatable bonds is 3. The number of hydrogen-bond acceptors (Lipinski definition) is 6. The van der Waals surface area contributed by atoms with Gasteiger partial charge in [-0.15, -0.1) is 12.4 Å². The second kappa shape index (κ2) is 5.92. The van der Waals surface area contributed by atoms with Crippen LogP contribution >= 0.6 is 12.4 Å². The zero-order chi connectivity index (χ0) is 15.1. The number of hydrogen-bond donors (Lipinski definition) is 2. The molecule has 2 rings (SSSR count). The van der Waals surface area contributed by atoms with E-state index in [4.69, 9.17) is 20.3 Å². The Morgan fingerprint density at radius 3 is 2.33 bits per heavy atom. The van der Waals surface area contributed by atoms with Crippen molar-refractivity contribution >= 4 is 18.1 Å². The highest BCUT2D eigenvalue weighted by molar-refractivity contribution is 5.85. The summed E-state index contributed by atoms with van der Waals surface area (Å²) in [5.74, 6) is 0.0737. The van der Waals surface area contributed by atoms with E-state index >= 15 is 0 Å². The fourth-order valence-corrected chi connectivity index (χ4v) is 1.75. The molecule has 1 aliphatic heterocycles. The summed E-state index contributed by atoms with van der Waals surface area (Å²) in [5.41, 5.74) is 4.13. The molecule has 118 valence electrons. The first-order chi connectivity index (χ1) is 9.21. The van der Waals surface area contributed by atoms with Crippen molar-refractivity contribution in [1.82, 2.24) is 0 Å². The first-order valence-electron chi connectivity index (χ1n) is 5.30. The third kappa shape index (κ3) is 3.28. The summed E-state index contributed by atoms with van der Waals surface area (Å²) >= 11 is 0. The highest BCUT2D eigenvalue weighted by Crippen LogP contribution is 2.41. The molecule has 2 atom stereocenters. The number of nitrogens with two attached hydrogens (primary N) is 1. The summed E-state index contributed by atoms with van der Waals surface area (Å²) in [6, 6.07) is -0.120. The molecule has 0 spiro atoms. The molecule has 0 saturated heterocycles. The maximum Gasteiger partial charge on any atom is 0.416 e. The molecule has 21 heavy (non-hydrogen) atoms. The Morgan fingerprint density at radius 1 is 1.33 bits per heavy atom. The van der Waals surface area contributed by atoms with Gasteiger partial charge < -0.3 is 20.3 Å². The zero-order valence-electron chi connectivity index (χ0n) is 10.2. The Labute approximate surface area is 122 Å². The Balaban J connectivity index is 0.00000220. The van der Waals surface area contributed by atoms with E-state index < -0.39 is 34.5 Å². The number of fused-ring (bicyclic) bond motifs is 1. The van der Waals surface area contributed by atoms with Crippen molar-refractivity contribution in [3.05, 3.63) is 27.8 Å². The maximum absolute atomic E-state index is 12.4. The van der Waals surface area contributed by atoms with Crippen molar-refractivity contribution in [3.63, 3.8) is 0 Å². The standard InChI is InChI=1S/C10H9F3N2O5.ClH/c11-10(12,13)9(16)8(14)4-1-6-7(20-3-19-6)2-5(4)15(17)18;/h1-2,8-9,16H,3,14H2;1H/t8-,9-;/m1./s1. The smallest absolute Gasteiger partial charge is 0.416 e. The molecule has 1 aliphatic rings.